The van der Waals surface area contributed by atoms with E-state index in [0.717, 1.165) is 6.42 Å². The largest absolute Gasteiger partial charge is 0.306 e. The molecule has 0 unspecified atom stereocenters. The Morgan fingerprint density at radius 1 is 1.43 bits per heavy atom. The highest BCUT2D eigenvalue weighted by molar-refractivity contribution is 7.89. The van der Waals surface area contributed by atoms with Crippen LogP contribution in [0.3, 0.4) is 0 Å². The quantitative estimate of drug-likeness (QED) is 0.619. The summed E-state index contributed by atoms with van der Waals surface area (Å²) in [5.74, 6) is 6.00. The van der Waals surface area contributed by atoms with Gasteiger partial charge in [0.05, 0.1) is 0 Å². The highest BCUT2D eigenvalue weighted by Crippen LogP contribution is 2.25. The van der Waals surface area contributed by atoms with Gasteiger partial charge in [0.15, 0.2) is 5.82 Å². The third-order valence-electron chi connectivity index (χ3n) is 3.30. The molecule has 8 heteroatoms. The smallest absolute Gasteiger partial charge is 0.262 e. The number of hydrogen-bond donors (Lipinski definition) is 2. The van der Waals surface area contributed by atoms with Crippen LogP contribution in [-0.4, -0.2) is 35.7 Å². The predicted octanol–water partition coefficient (Wildman–Crippen LogP) is 1.29. The van der Waals surface area contributed by atoms with Crippen molar-refractivity contribution in [1.29, 1.82) is 0 Å². The van der Waals surface area contributed by atoms with Crippen molar-refractivity contribution in [1.82, 2.24) is 13.7 Å². The number of nitrogens with two attached hydrogens (primary N) is 1. The molecule has 0 aliphatic heterocycles. The maximum atomic E-state index is 12.8. The molecule has 116 valence electrons. The minimum Gasteiger partial charge on any atom is -0.306 e. The summed E-state index contributed by atoms with van der Waals surface area (Å²) < 4.78 is 28.4. The van der Waals surface area contributed by atoms with Crippen LogP contribution in [0, 0.1) is 5.92 Å². The van der Waals surface area contributed by atoms with Crippen molar-refractivity contribution in [2.24, 2.45) is 11.8 Å². The fraction of sp³-hybridized carbons (Fsp3) is 0.462. The Morgan fingerprint density at radius 3 is 2.76 bits per heavy atom. The number of pyridine rings is 1. The van der Waals surface area contributed by atoms with E-state index < -0.39 is 10.0 Å². The first-order valence-corrected chi connectivity index (χ1v) is 8.22. The van der Waals surface area contributed by atoms with E-state index in [9.17, 15) is 8.42 Å². The average Bonchev–Trinajstić information content (AvgIpc) is 2.83. The van der Waals surface area contributed by atoms with E-state index in [1.807, 2.05) is 0 Å². The van der Waals surface area contributed by atoms with Crippen LogP contribution >= 0.6 is 0 Å². The predicted molar refractivity (Wildman–Crippen MR) is 82.3 cm³/mol. The summed E-state index contributed by atoms with van der Waals surface area (Å²) in [4.78, 5) is 4.20. The second-order valence-electron chi connectivity index (χ2n) is 5.35. The van der Waals surface area contributed by atoms with Crippen LogP contribution < -0.4 is 11.3 Å². The number of anilines is 1. The Balaban J connectivity index is 2.48. The summed E-state index contributed by atoms with van der Waals surface area (Å²) in [6.07, 6.45) is 2.45. The fourth-order valence-corrected chi connectivity index (χ4v) is 3.41. The van der Waals surface area contributed by atoms with Crippen molar-refractivity contribution in [2.45, 2.75) is 25.3 Å². The van der Waals surface area contributed by atoms with Gasteiger partial charge in [-0.3, -0.25) is 4.40 Å². The lowest BCUT2D eigenvalue weighted by atomic mass is 10.1. The summed E-state index contributed by atoms with van der Waals surface area (Å²) in [6.45, 7) is 4.56. The van der Waals surface area contributed by atoms with Crippen LogP contribution in [0.15, 0.2) is 29.4 Å². The Labute approximate surface area is 124 Å². The van der Waals surface area contributed by atoms with E-state index in [1.54, 1.807) is 31.4 Å². The molecule has 0 atom stereocenters. The van der Waals surface area contributed by atoms with Crippen molar-refractivity contribution in [2.75, 3.05) is 19.0 Å². The van der Waals surface area contributed by atoms with E-state index in [4.69, 9.17) is 5.84 Å². The van der Waals surface area contributed by atoms with Crippen LogP contribution in [0.25, 0.3) is 5.65 Å². The van der Waals surface area contributed by atoms with Crippen LogP contribution in [0.4, 0.5) is 5.82 Å². The minimum absolute atomic E-state index is 0.0619. The third kappa shape index (κ3) is 3.02. The molecule has 21 heavy (non-hydrogen) atoms. The number of sulfonamides is 1. The van der Waals surface area contributed by atoms with Gasteiger partial charge in [0.25, 0.3) is 10.0 Å². The van der Waals surface area contributed by atoms with Gasteiger partial charge in [0, 0.05) is 19.8 Å². The number of rotatable bonds is 6. The maximum Gasteiger partial charge on any atom is 0.262 e. The summed E-state index contributed by atoms with van der Waals surface area (Å²) in [5, 5.41) is 0.0619. The number of hydrazine groups is 1. The molecule has 0 radical (unpaired) electrons. The first-order valence-electron chi connectivity index (χ1n) is 6.78. The summed E-state index contributed by atoms with van der Waals surface area (Å²) in [7, 11) is -2.10. The standard InChI is InChI=1S/C13H21N5O2S/c1-10(2)7-9-17(3)21(19,20)13-12(16-14)15-11-6-4-5-8-18(11)13/h4-6,8,10,16H,7,9,14H2,1-3H3. The molecule has 3 N–H and O–H groups in total. The number of fused-ring (bicyclic) bond motifs is 1. The lowest BCUT2D eigenvalue weighted by molar-refractivity contribution is 0.426. The van der Waals surface area contributed by atoms with Crippen molar-refractivity contribution in [3.8, 4) is 0 Å². The second kappa shape index (κ2) is 6.00. The van der Waals surface area contributed by atoms with Crippen LogP contribution in [0.2, 0.25) is 0 Å². The molecule has 0 amide bonds. The van der Waals surface area contributed by atoms with Gasteiger partial charge in [-0.2, -0.15) is 4.31 Å². The Hall–Kier alpha value is -1.64. The lowest BCUT2D eigenvalue weighted by Crippen LogP contribution is -2.30. The SMILES string of the molecule is CC(C)CCN(C)S(=O)(=O)c1c(NN)nc2ccccn12. The van der Waals surface area contributed by atoms with Gasteiger partial charge in [0.2, 0.25) is 5.03 Å². The third-order valence-corrected chi connectivity index (χ3v) is 5.18. The van der Waals surface area contributed by atoms with Gasteiger partial charge in [-0.25, -0.2) is 19.2 Å². The number of aromatic nitrogens is 2. The van der Waals surface area contributed by atoms with Crippen LogP contribution in [0.1, 0.15) is 20.3 Å². The Kier molecular flexibility index (Phi) is 4.50. The van der Waals surface area contributed by atoms with Crippen LogP contribution in [0.5, 0.6) is 0 Å². The van der Waals surface area contributed by atoms with E-state index in [2.05, 4.69) is 24.3 Å². The maximum absolute atomic E-state index is 12.8. The minimum atomic E-state index is -3.67. The molecule has 0 bridgehead atoms. The number of hydrogen-bond acceptors (Lipinski definition) is 5. The van der Waals surface area contributed by atoms with Gasteiger partial charge in [-0.05, 0) is 24.5 Å². The molecule has 2 rings (SSSR count). The second-order valence-corrected chi connectivity index (χ2v) is 7.31. The number of nitrogens with zero attached hydrogens (tertiary/aromatic N) is 3. The molecule has 0 saturated heterocycles. The molecule has 0 aliphatic carbocycles. The molecule has 0 aromatic carbocycles. The highest BCUT2D eigenvalue weighted by atomic mass is 32.2. The van der Waals surface area contributed by atoms with Gasteiger partial charge >= 0.3 is 0 Å². The zero-order valence-electron chi connectivity index (χ0n) is 12.4. The van der Waals surface area contributed by atoms with E-state index in [0.29, 0.717) is 18.1 Å². The molecule has 7 nitrogen and oxygen atoms in total. The molecule has 2 aromatic heterocycles. The van der Waals surface area contributed by atoms with E-state index >= 15 is 0 Å². The van der Waals surface area contributed by atoms with E-state index in [1.165, 1.54) is 8.71 Å². The molecule has 2 heterocycles. The summed E-state index contributed by atoms with van der Waals surface area (Å²) in [6, 6.07) is 5.28. The average molecular weight is 311 g/mol. The zero-order valence-corrected chi connectivity index (χ0v) is 13.3. The molecule has 0 saturated carbocycles. The molecule has 2 aromatic rings. The Bertz CT molecular complexity index is 723. The monoisotopic (exact) mass is 311 g/mol. The number of imidazole rings is 1. The van der Waals surface area contributed by atoms with Crippen molar-refractivity contribution in [3.05, 3.63) is 24.4 Å². The molecule has 0 spiro atoms. The zero-order chi connectivity index (χ0) is 15.6. The van der Waals surface area contributed by atoms with Gasteiger partial charge < -0.3 is 5.43 Å². The Morgan fingerprint density at radius 2 is 2.14 bits per heavy atom. The van der Waals surface area contributed by atoms with Crippen molar-refractivity contribution >= 4 is 21.5 Å². The molecular weight excluding hydrogens is 290 g/mol. The van der Waals surface area contributed by atoms with Crippen LogP contribution in [-0.2, 0) is 10.0 Å². The summed E-state index contributed by atoms with van der Waals surface area (Å²) in [5.41, 5.74) is 2.90. The first-order chi connectivity index (χ1) is 9.87. The van der Waals surface area contributed by atoms with Gasteiger partial charge in [-0.15, -0.1) is 0 Å². The van der Waals surface area contributed by atoms with Crippen molar-refractivity contribution < 1.29 is 8.42 Å². The van der Waals surface area contributed by atoms with Gasteiger partial charge in [0.1, 0.15) is 5.65 Å². The molecule has 0 aliphatic rings. The van der Waals surface area contributed by atoms with Crippen molar-refractivity contribution in [3.63, 3.8) is 0 Å². The molecular formula is C13H21N5O2S. The highest BCUT2D eigenvalue weighted by Gasteiger charge is 2.29. The van der Waals surface area contributed by atoms with Gasteiger partial charge in [-0.1, -0.05) is 19.9 Å². The fourth-order valence-electron chi connectivity index (χ4n) is 2.02. The topological polar surface area (TPSA) is 92.7 Å². The number of nitrogen functional groups attached to an aromatic ring is 1. The number of nitrogens with one attached hydrogen (secondary N) is 1. The molecule has 0 fully saturated rings. The lowest BCUT2D eigenvalue weighted by Gasteiger charge is -2.18. The first kappa shape index (κ1) is 15.7. The summed E-state index contributed by atoms with van der Waals surface area (Å²) >= 11 is 0. The van der Waals surface area contributed by atoms with E-state index in [-0.39, 0.29) is 10.8 Å². The normalized spacial score (nSPS) is 12.5.